The predicted molar refractivity (Wildman–Crippen MR) is 38.9 cm³/mol. The minimum absolute atomic E-state index is 0. The van der Waals surface area contributed by atoms with Gasteiger partial charge in [0.2, 0.25) is 0 Å². The summed E-state index contributed by atoms with van der Waals surface area (Å²) >= 11 is 0. The molecule has 0 atom stereocenters. The molecule has 0 amide bonds. The van der Waals surface area contributed by atoms with E-state index in [0.29, 0.717) is 0 Å². The number of hydrogen-bond donors (Lipinski definition) is 0. The Kier molecular flexibility index (Phi) is 13.5. The van der Waals surface area contributed by atoms with Gasteiger partial charge in [-0.1, -0.05) is 38.5 Å². The quantitative estimate of drug-likeness (QED) is 0.477. The van der Waals surface area contributed by atoms with E-state index in [1.54, 1.807) is 0 Å². The number of carbonyl (C=O) groups excluding carboxylic acids is 1. The topological polar surface area (TPSA) is 63.2 Å². The molecule has 1 fully saturated rings. The van der Waals surface area contributed by atoms with Crippen LogP contribution in [-0.2, 0) is 0 Å². The molecule has 0 radical (unpaired) electrons. The summed E-state index contributed by atoms with van der Waals surface area (Å²) in [5, 5.41) is 16.7. The van der Waals surface area contributed by atoms with E-state index in [9.17, 15) is 0 Å². The summed E-state index contributed by atoms with van der Waals surface area (Å²) in [5.41, 5.74) is 0. The standard InChI is InChI=1S/C6H12.CH2O3.Ca/c1-2-4-6-5-3-1;2-1(3)4;/h1-6H2;(H2,2,3,4);/q;;+2/p-2. The monoisotopic (exact) mass is 184 g/mol. The van der Waals surface area contributed by atoms with Crippen molar-refractivity contribution in [2.75, 3.05) is 0 Å². The van der Waals surface area contributed by atoms with Crippen LogP contribution in [0.3, 0.4) is 0 Å². The minimum atomic E-state index is -2.33. The fourth-order valence-electron chi connectivity index (χ4n) is 1.06. The largest absolute Gasteiger partial charge is 2.00 e. The molecule has 0 spiro atoms. The first kappa shape index (κ1) is 14.1. The van der Waals surface area contributed by atoms with Gasteiger partial charge in [0, 0.05) is 0 Å². The van der Waals surface area contributed by atoms with Crippen molar-refractivity contribution in [1.29, 1.82) is 0 Å². The van der Waals surface area contributed by atoms with Gasteiger partial charge in [0.15, 0.2) is 0 Å². The Balaban J connectivity index is 0. The van der Waals surface area contributed by atoms with E-state index in [0.717, 1.165) is 0 Å². The second-order valence-electron chi connectivity index (χ2n) is 2.37. The zero-order valence-electron chi connectivity index (χ0n) is 6.67. The molecule has 60 valence electrons. The summed E-state index contributed by atoms with van der Waals surface area (Å²) in [6.45, 7) is 0. The molecule has 0 bridgehead atoms. The first-order chi connectivity index (χ1) is 4.73. The second kappa shape index (κ2) is 10.5. The summed E-state index contributed by atoms with van der Waals surface area (Å²) in [7, 11) is 0. The number of rotatable bonds is 0. The van der Waals surface area contributed by atoms with Crippen molar-refractivity contribution in [1.82, 2.24) is 0 Å². The molecule has 1 saturated carbocycles. The smallest absolute Gasteiger partial charge is 0.652 e. The van der Waals surface area contributed by atoms with Crippen LogP contribution in [0.25, 0.3) is 0 Å². The maximum absolute atomic E-state index is 8.33. The van der Waals surface area contributed by atoms with Gasteiger partial charge in [0.05, 0.1) is 0 Å². The van der Waals surface area contributed by atoms with Gasteiger partial charge in [-0.15, -0.1) is 0 Å². The average molecular weight is 184 g/mol. The molecular formula is C7H12CaO3. The van der Waals surface area contributed by atoms with E-state index >= 15 is 0 Å². The molecule has 0 saturated heterocycles. The number of carboxylic acid groups (broad SMARTS) is 2. The number of hydrogen-bond acceptors (Lipinski definition) is 3. The molecule has 4 heteroatoms. The van der Waals surface area contributed by atoms with Crippen molar-refractivity contribution in [2.45, 2.75) is 38.5 Å². The maximum Gasteiger partial charge on any atom is 2.00 e. The van der Waals surface area contributed by atoms with Gasteiger partial charge in [0.25, 0.3) is 0 Å². The molecule has 1 rings (SSSR count). The van der Waals surface area contributed by atoms with Gasteiger partial charge < -0.3 is 15.0 Å². The third-order valence-electron chi connectivity index (χ3n) is 1.50. The van der Waals surface area contributed by atoms with E-state index in [-0.39, 0.29) is 37.7 Å². The third-order valence-corrected chi connectivity index (χ3v) is 1.50. The molecule has 0 unspecified atom stereocenters. The van der Waals surface area contributed by atoms with Crippen molar-refractivity contribution >= 4 is 43.9 Å². The SMILES string of the molecule is C1CCCCC1.O=C([O-])[O-].[Ca+2]. The van der Waals surface area contributed by atoms with Crippen LogP contribution in [0, 0.1) is 0 Å². The van der Waals surface area contributed by atoms with Crippen LogP contribution in [0.1, 0.15) is 38.5 Å². The Morgan fingerprint density at radius 1 is 0.818 bits per heavy atom. The van der Waals surface area contributed by atoms with Crippen molar-refractivity contribution in [3.8, 4) is 0 Å². The van der Waals surface area contributed by atoms with E-state index in [2.05, 4.69) is 0 Å². The van der Waals surface area contributed by atoms with Crippen LogP contribution >= 0.6 is 0 Å². The Hall–Kier alpha value is 0.530. The van der Waals surface area contributed by atoms with E-state index < -0.39 is 6.16 Å². The molecule has 1 aliphatic carbocycles. The van der Waals surface area contributed by atoms with Crippen molar-refractivity contribution in [2.24, 2.45) is 0 Å². The molecule has 0 heterocycles. The molecule has 0 aromatic carbocycles. The van der Waals surface area contributed by atoms with Crippen molar-refractivity contribution in [3.63, 3.8) is 0 Å². The maximum atomic E-state index is 8.33. The van der Waals surface area contributed by atoms with Crippen molar-refractivity contribution in [3.05, 3.63) is 0 Å². The summed E-state index contributed by atoms with van der Waals surface area (Å²) < 4.78 is 0. The molecule has 0 aliphatic heterocycles. The van der Waals surface area contributed by atoms with Gasteiger partial charge in [-0.3, -0.25) is 0 Å². The Labute approximate surface area is 96.8 Å². The van der Waals surface area contributed by atoms with Gasteiger partial charge >= 0.3 is 37.7 Å². The molecule has 0 aromatic rings. The summed E-state index contributed by atoms with van der Waals surface area (Å²) in [6, 6.07) is 0. The van der Waals surface area contributed by atoms with Crippen LogP contribution < -0.4 is 10.2 Å². The van der Waals surface area contributed by atoms with Gasteiger partial charge in [-0.2, -0.15) is 0 Å². The van der Waals surface area contributed by atoms with Gasteiger partial charge in [-0.25, -0.2) is 0 Å². The van der Waals surface area contributed by atoms with E-state index in [4.69, 9.17) is 15.0 Å². The van der Waals surface area contributed by atoms with Crippen LogP contribution in [-0.4, -0.2) is 43.9 Å². The molecule has 1 aliphatic rings. The first-order valence-electron chi connectivity index (χ1n) is 3.61. The van der Waals surface area contributed by atoms with Crippen LogP contribution in [0.15, 0.2) is 0 Å². The molecule has 11 heavy (non-hydrogen) atoms. The zero-order valence-corrected chi connectivity index (χ0v) is 8.88. The Morgan fingerprint density at radius 3 is 1.00 bits per heavy atom. The van der Waals surface area contributed by atoms with E-state index in [1.165, 1.54) is 38.5 Å². The van der Waals surface area contributed by atoms with Crippen LogP contribution in [0.2, 0.25) is 0 Å². The molecular weight excluding hydrogens is 172 g/mol. The summed E-state index contributed by atoms with van der Waals surface area (Å²) in [6.07, 6.45) is 6.67. The van der Waals surface area contributed by atoms with E-state index in [1.807, 2.05) is 0 Å². The van der Waals surface area contributed by atoms with Crippen molar-refractivity contribution < 1.29 is 15.0 Å². The average Bonchev–Trinajstić information content (AvgIpc) is 1.90. The summed E-state index contributed by atoms with van der Waals surface area (Å²) in [5.74, 6) is 0. The molecule has 3 nitrogen and oxygen atoms in total. The minimum Gasteiger partial charge on any atom is -0.652 e. The normalized spacial score (nSPS) is 15.3. The predicted octanol–water partition coefficient (Wildman–Crippen LogP) is -0.487. The molecule has 0 N–H and O–H groups in total. The number of carbonyl (C=O) groups is 1. The first-order valence-corrected chi connectivity index (χ1v) is 3.61. The summed E-state index contributed by atoms with van der Waals surface area (Å²) in [4.78, 5) is 8.33. The zero-order chi connectivity index (χ0) is 7.82. The van der Waals surface area contributed by atoms with Gasteiger partial charge in [0.1, 0.15) is 0 Å². The third kappa shape index (κ3) is 18.0. The fourth-order valence-corrected chi connectivity index (χ4v) is 1.06. The second-order valence-corrected chi connectivity index (χ2v) is 2.37. The Bertz CT molecular complexity index is 76.2. The van der Waals surface area contributed by atoms with Crippen LogP contribution in [0.4, 0.5) is 4.79 Å². The van der Waals surface area contributed by atoms with Gasteiger partial charge in [-0.05, 0) is 6.16 Å². The molecule has 0 aromatic heterocycles. The fraction of sp³-hybridized carbons (Fsp3) is 0.857. The Morgan fingerprint density at radius 2 is 0.909 bits per heavy atom. The van der Waals surface area contributed by atoms with Crippen LogP contribution in [0.5, 0.6) is 0 Å².